The van der Waals surface area contributed by atoms with Crippen LogP contribution in [0, 0.1) is 0 Å². The van der Waals surface area contributed by atoms with Gasteiger partial charge in [0.2, 0.25) is 0 Å². The summed E-state index contributed by atoms with van der Waals surface area (Å²) in [6.07, 6.45) is 1.46. The molecule has 0 aliphatic carbocycles. The maximum atomic E-state index is 12.7. The molecule has 7 heteroatoms. The van der Waals surface area contributed by atoms with Gasteiger partial charge in [0, 0.05) is 5.56 Å². The molecule has 0 bridgehead atoms. The van der Waals surface area contributed by atoms with E-state index in [9.17, 15) is 14.4 Å². The van der Waals surface area contributed by atoms with E-state index < -0.39 is 11.9 Å². The molecule has 0 saturated heterocycles. The van der Waals surface area contributed by atoms with Crippen molar-refractivity contribution in [2.75, 3.05) is 6.54 Å². The molecule has 0 fully saturated rings. The Hall–Kier alpha value is -5.30. The molecule has 0 saturated carbocycles. The zero-order chi connectivity index (χ0) is 26.3. The van der Waals surface area contributed by atoms with Crippen LogP contribution in [-0.2, 0) is 4.79 Å². The van der Waals surface area contributed by atoms with Gasteiger partial charge in [0.15, 0.2) is 0 Å². The lowest BCUT2D eigenvalue weighted by Crippen LogP contribution is -2.35. The number of nitrogens with zero attached hydrogens (tertiary/aromatic N) is 1. The summed E-state index contributed by atoms with van der Waals surface area (Å²) in [5.74, 6) is -0.855. The van der Waals surface area contributed by atoms with Gasteiger partial charge in [-0.15, -0.1) is 0 Å². The molecule has 0 atom stereocenters. The van der Waals surface area contributed by atoms with Crippen LogP contribution >= 0.6 is 0 Å². The molecule has 2 N–H and O–H groups in total. The van der Waals surface area contributed by atoms with E-state index in [4.69, 9.17) is 4.74 Å². The second-order valence-corrected chi connectivity index (χ2v) is 8.49. The Morgan fingerprint density at radius 2 is 1.26 bits per heavy atom. The molecule has 0 heterocycles. The van der Waals surface area contributed by atoms with E-state index in [0.29, 0.717) is 22.4 Å². The fourth-order valence-electron chi connectivity index (χ4n) is 4.08. The van der Waals surface area contributed by atoms with Crippen molar-refractivity contribution in [1.29, 1.82) is 0 Å². The highest BCUT2D eigenvalue weighted by Crippen LogP contribution is 2.21. The Balaban J connectivity index is 1.13. The lowest BCUT2D eigenvalue weighted by atomic mass is 10.0. The van der Waals surface area contributed by atoms with E-state index in [-0.39, 0.29) is 12.5 Å². The van der Waals surface area contributed by atoms with Gasteiger partial charge in [-0.25, -0.2) is 10.2 Å². The molecule has 38 heavy (non-hydrogen) atoms. The number of ether oxygens (including phenoxy) is 1. The minimum absolute atomic E-state index is 0.220. The van der Waals surface area contributed by atoms with Crippen LogP contribution in [0.5, 0.6) is 5.75 Å². The van der Waals surface area contributed by atoms with Crippen molar-refractivity contribution < 1.29 is 19.1 Å². The van der Waals surface area contributed by atoms with E-state index in [1.807, 2.05) is 66.7 Å². The number of carbonyl (C=O) groups excluding carboxylic acids is 3. The predicted octanol–water partition coefficient (Wildman–Crippen LogP) is 5.09. The standard InChI is InChI=1S/C31H23N3O4/c35-29(20-32-30(36)27-13-5-9-22-7-1-3-11-25(22)27)34-33-19-21-15-17-24(18-16-21)38-31(37)28-14-6-10-23-8-2-4-12-26(23)28/h1-19H,20H2,(H,32,36)(H,34,35)/b33-19+. The van der Waals surface area contributed by atoms with E-state index in [2.05, 4.69) is 15.8 Å². The highest BCUT2D eigenvalue weighted by Gasteiger charge is 2.13. The predicted molar refractivity (Wildman–Crippen MR) is 147 cm³/mol. The van der Waals surface area contributed by atoms with Gasteiger partial charge in [0.25, 0.3) is 11.8 Å². The second kappa shape index (κ2) is 11.2. The minimum Gasteiger partial charge on any atom is -0.423 e. The van der Waals surface area contributed by atoms with Gasteiger partial charge in [0.1, 0.15) is 5.75 Å². The van der Waals surface area contributed by atoms with Crippen molar-refractivity contribution in [2.24, 2.45) is 5.10 Å². The average Bonchev–Trinajstić information content (AvgIpc) is 2.96. The van der Waals surface area contributed by atoms with Gasteiger partial charge in [-0.1, -0.05) is 72.8 Å². The fourth-order valence-corrected chi connectivity index (χ4v) is 4.08. The van der Waals surface area contributed by atoms with E-state index in [1.165, 1.54) is 6.21 Å². The first-order valence-corrected chi connectivity index (χ1v) is 12.0. The SMILES string of the molecule is O=C(CNC(=O)c1cccc2ccccc12)N/N=C/c1ccc(OC(=O)c2cccc3ccccc23)cc1. The van der Waals surface area contributed by atoms with Crippen LogP contribution in [0.25, 0.3) is 21.5 Å². The molecular formula is C31H23N3O4. The molecular weight excluding hydrogens is 478 g/mol. The number of hydrogen-bond donors (Lipinski definition) is 2. The Morgan fingerprint density at radius 3 is 1.95 bits per heavy atom. The largest absolute Gasteiger partial charge is 0.423 e. The highest BCUT2D eigenvalue weighted by molar-refractivity contribution is 6.08. The Morgan fingerprint density at radius 1 is 0.684 bits per heavy atom. The van der Waals surface area contributed by atoms with Crippen molar-refractivity contribution in [2.45, 2.75) is 0 Å². The van der Waals surface area contributed by atoms with E-state index in [0.717, 1.165) is 21.5 Å². The number of amides is 2. The van der Waals surface area contributed by atoms with E-state index in [1.54, 1.807) is 42.5 Å². The minimum atomic E-state index is -0.463. The molecule has 0 aromatic heterocycles. The number of esters is 1. The van der Waals surface area contributed by atoms with Crippen LogP contribution in [0.4, 0.5) is 0 Å². The lowest BCUT2D eigenvalue weighted by Gasteiger charge is -2.08. The molecule has 0 radical (unpaired) electrons. The summed E-state index contributed by atoms with van der Waals surface area (Å²) in [5.41, 5.74) is 4.07. The van der Waals surface area contributed by atoms with Crippen LogP contribution < -0.4 is 15.5 Å². The summed E-state index contributed by atoms with van der Waals surface area (Å²) >= 11 is 0. The van der Waals surface area contributed by atoms with Crippen LogP contribution in [0.15, 0.2) is 114 Å². The highest BCUT2D eigenvalue weighted by atomic mass is 16.5. The normalized spacial score (nSPS) is 10.9. The molecule has 5 aromatic carbocycles. The monoisotopic (exact) mass is 501 g/mol. The van der Waals surface area contributed by atoms with Crippen molar-refractivity contribution in [3.63, 3.8) is 0 Å². The summed E-state index contributed by atoms with van der Waals surface area (Å²) in [4.78, 5) is 37.4. The maximum Gasteiger partial charge on any atom is 0.344 e. The molecule has 0 aliphatic heterocycles. The molecule has 5 rings (SSSR count). The van der Waals surface area contributed by atoms with Gasteiger partial charge < -0.3 is 10.1 Å². The lowest BCUT2D eigenvalue weighted by molar-refractivity contribution is -0.120. The summed E-state index contributed by atoms with van der Waals surface area (Å²) in [6.45, 7) is -0.220. The van der Waals surface area contributed by atoms with Crippen LogP contribution in [-0.4, -0.2) is 30.5 Å². The average molecular weight is 502 g/mol. The molecule has 0 aliphatic rings. The summed E-state index contributed by atoms with van der Waals surface area (Å²) in [6, 6.07) is 32.9. The number of benzene rings is 5. The number of fused-ring (bicyclic) bond motifs is 2. The number of carbonyl (C=O) groups is 3. The Bertz CT molecular complexity index is 1670. The maximum absolute atomic E-state index is 12.7. The third kappa shape index (κ3) is 5.57. The fraction of sp³-hybridized carbons (Fsp3) is 0.0323. The molecule has 2 amide bonds. The van der Waals surface area contributed by atoms with Crippen molar-refractivity contribution in [3.05, 3.63) is 126 Å². The van der Waals surface area contributed by atoms with Crippen LogP contribution in [0.2, 0.25) is 0 Å². The van der Waals surface area contributed by atoms with Crippen molar-refractivity contribution in [3.8, 4) is 5.75 Å². The summed E-state index contributed by atoms with van der Waals surface area (Å²) in [7, 11) is 0. The third-order valence-corrected chi connectivity index (χ3v) is 5.95. The van der Waals surface area contributed by atoms with Crippen LogP contribution in [0.1, 0.15) is 26.3 Å². The first kappa shape index (κ1) is 24.4. The van der Waals surface area contributed by atoms with Crippen molar-refractivity contribution in [1.82, 2.24) is 10.7 Å². The molecule has 7 nitrogen and oxygen atoms in total. The number of hydrogen-bond acceptors (Lipinski definition) is 5. The zero-order valence-electron chi connectivity index (χ0n) is 20.3. The van der Waals surface area contributed by atoms with E-state index >= 15 is 0 Å². The zero-order valence-corrected chi connectivity index (χ0v) is 20.3. The number of rotatable bonds is 7. The van der Waals surface area contributed by atoms with Gasteiger partial charge in [0.05, 0.1) is 18.3 Å². The smallest absolute Gasteiger partial charge is 0.344 e. The van der Waals surface area contributed by atoms with Crippen LogP contribution in [0.3, 0.4) is 0 Å². The summed E-state index contributed by atoms with van der Waals surface area (Å²) < 4.78 is 5.53. The van der Waals surface area contributed by atoms with Gasteiger partial charge >= 0.3 is 5.97 Å². The first-order chi connectivity index (χ1) is 18.6. The third-order valence-electron chi connectivity index (χ3n) is 5.95. The summed E-state index contributed by atoms with van der Waals surface area (Å²) in [5, 5.41) is 10.1. The van der Waals surface area contributed by atoms with Gasteiger partial charge in [-0.05, 0) is 63.5 Å². The second-order valence-electron chi connectivity index (χ2n) is 8.49. The Labute approximate surface area is 218 Å². The number of hydrazone groups is 1. The molecule has 186 valence electrons. The first-order valence-electron chi connectivity index (χ1n) is 12.0. The molecule has 0 spiro atoms. The van der Waals surface area contributed by atoms with Crippen molar-refractivity contribution >= 4 is 45.5 Å². The molecule has 0 unspecified atom stereocenters. The quantitative estimate of drug-likeness (QED) is 0.140. The topological polar surface area (TPSA) is 96.9 Å². The molecule has 5 aromatic rings. The Kier molecular flexibility index (Phi) is 7.18. The number of nitrogens with one attached hydrogen (secondary N) is 2. The van der Waals surface area contributed by atoms with Gasteiger partial charge in [-0.3, -0.25) is 9.59 Å². The van der Waals surface area contributed by atoms with Gasteiger partial charge in [-0.2, -0.15) is 5.10 Å².